The van der Waals surface area contributed by atoms with E-state index in [1.165, 1.54) is 0 Å². The van der Waals surface area contributed by atoms with Gasteiger partial charge in [0.15, 0.2) is 0 Å². The Balaban J connectivity index is 2.32. The average Bonchev–Trinajstić information content (AvgIpc) is 2.27. The standard InChI is InChI=1S/C13H16ClN3O/c1-8-4-12(16-13(14)11(8)5-15)17-6-9(2)18-10(3)7-17/h4,9-10H,6-7H2,1-3H3/p+1/t9-,10-/m1/s1. The number of pyridine rings is 1. The van der Waals surface area contributed by atoms with Crippen molar-refractivity contribution < 1.29 is 9.72 Å². The van der Waals surface area contributed by atoms with Crippen molar-refractivity contribution in [1.82, 2.24) is 0 Å². The van der Waals surface area contributed by atoms with Gasteiger partial charge in [-0.25, -0.2) is 4.98 Å². The Morgan fingerprint density at radius 1 is 1.44 bits per heavy atom. The van der Waals surface area contributed by atoms with Gasteiger partial charge in [-0.2, -0.15) is 5.26 Å². The highest BCUT2D eigenvalue weighted by molar-refractivity contribution is 6.29. The number of aryl methyl sites for hydroxylation is 1. The highest BCUT2D eigenvalue weighted by Gasteiger charge is 2.29. The molecule has 1 saturated heterocycles. The molecule has 18 heavy (non-hydrogen) atoms. The molecule has 1 aromatic rings. The summed E-state index contributed by atoms with van der Waals surface area (Å²) in [5, 5.41) is 9.40. The molecule has 96 valence electrons. The van der Waals surface area contributed by atoms with Crippen LogP contribution in [0.1, 0.15) is 25.0 Å². The van der Waals surface area contributed by atoms with Gasteiger partial charge in [0.1, 0.15) is 24.7 Å². The molecule has 0 spiro atoms. The van der Waals surface area contributed by atoms with E-state index in [9.17, 15) is 0 Å². The van der Waals surface area contributed by atoms with Crippen LogP contribution in [-0.2, 0) is 4.74 Å². The number of morpholine rings is 1. The Morgan fingerprint density at radius 3 is 2.56 bits per heavy atom. The summed E-state index contributed by atoms with van der Waals surface area (Å²) in [6.07, 6.45) is 0.383. The van der Waals surface area contributed by atoms with Crippen LogP contribution in [-0.4, -0.2) is 25.3 Å². The van der Waals surface area contributed by atoms with Crippen molar-refractivity contribution in [3.05, 3.63) is 22.3 Å². The van der Waals surface area contributed by atoms with Gasteiger partial charge in [0.05, 0.1) is 12.2 Å². The molecular formula is C13H17ClN3O+. The fourth-order valence-electron chi connectivity index (χ4n) is 2.34. The Labute approximate surface area is 112 Å². The number of rotatable bonds is 1. The molecule has 0 radical (unpaired) electrons. The summed E-state index contributed by atoms with van der Waals surface area (Å²) >= 11 is 6.09. The Bertz CT molecular complexity index is 464. The van der Waals surface area contributed by atoms with Crippen molar-refractivity contribution in [1.29, 1.82) is 5.26 Å². The van der Waals surface area contributed by atoms with E-state index < -0.39 is 0 Å². The van der Waals surface area contributed by atoms with Crippen LogP contribution in [0.3, 0.4) is 0 Å². The van der Waals surface area contributed by atoms with Gasteiger partial charge in [-0.15, -0.1) is 0 Å². The minimum Gasteiger partial charge on any atom is -0.367 e. The zero-order valence-electron chi connectivity index (χ0n) is 10.8. The van der Waals surface area contributed by atoms with Crippen molar-refractivity contribution in [3.8, 4) is 6.07 Å². The Hall–Kier alpha value is -1.31. The van der Waals surface area contributed by atoms with Gasteiger partial charge in [-0.3, -0.25) is 4.90 Å². The summed E-state index contributed by atoms with van der Waals surface area (Å²) in [6, 6.07) is 4.07. The maximum atomic E-state index is 9.00. The smallest absolute Gasteiger partial charge is 0.275 e. The molecule has 2 heterocycles. The number of hydrogen-bond acceptors (Lipinski definition) is 3. The Kier molecular flexibility index (Phi) is 3.74. The van der Waals surface area contributed by atoms with Crippen LogP contribution >= 0.6 is 11.6 Å². The van der Waals surface area contributed by atoms with Gasteiger partial charge in [0, 0.05) is 6.07 Å². The number of aromatic nitrogens is 1. The van der Waals surface area contributed by atoms with Crippen molar-refractivity contribution in [2.24, 2.45) is 0 Å². The van der Waals surface area contributed by atoms with E-state index in [0.717, 1.165) is 24.5 Å². The molecule has 2 rings (SSSR count). The molecule has 0 amide bonds. The third-order valence-electron chi connectivity index (χ3n) is 3.08. The van der Waals surface area contributed by atoms with Crippen LogP contribution < -0.4 is 9.88 Å². The van der Waals surface area contributed by atoms with E-state index >= 15 is 0 Å². The topological polar surface area (TPSA) is 50.4 Å². The van der Waals surface area contributed by atoms with E-state index in [1.54, 1.807) is 0 Å². The summed E-state index contributed by atoms with van der Waals surface area (Å²) in [4.78, 5) is 5.30. The lowest BCUT2D eigenvalue weighted by atomic mass is 10.1. The second-order valence-corrected chi connectivity index (χ2v) is 5.18. The summed E-state index contributed by atoms with van der Waals surface area (Å²) < 4.78 is 5.70. The first-order chi connectivity index (χ1) is 8.51. The number of ether oxygens (including phenoxy) is 1. The lowest BCUT2D eigenvalue weighted by molar-refractivity contribution is -0.362. The van der Waals surface area contributed by atoms with E-state index in [4.69, 9.17) is 21.6 Å². The number of nitrogens with one attached hydrogen (secondary N) is 1. The lowest BCUT2D eigenvalue weighted by Gasteiger charge is -2.31. The molecule has 5 heteroatoms. The van der Waals surface area contributed by atoms with Crippen molar-refractivity contribution in [3.63, 3.8) is 0 Å². The molecule has 0 aromatic carbocycles. The van der Waals surface area contributed by atoms with Crippen LogP contribution in [0.2, 0.25) is 5.15 Å². The molecule has 0 aliphatic carbocycles. The number of nitrogens with zero attached hydrogens (tertiary/aromatic N) is 2. The minimum absolute atomic E-state index is 0.192. The fourth-order valence-corrected chi connectivity index (χ4v) is 2.63. The Morgan fingerprint density at radius 2 is 2.06 bits per heavy atom. The van der Waals surface area contributed by atoms with E-state index in [0.29, 0.717) is 10.7 Å². The van der Waals surface area contributed by atoms with Crippen molar-refractivity contribution >= 4 is 17.4 Å². The zero-order chi connectivity index (χ0) is 13.3. The van der Waals surface area contributed by atoms with E-state index in [2.05, 4.69) is 29.8 Å². The summed E-state index contributed by atoms with van der Waals surface area (Å²) in [7, 11) is 0. The highest BCUT2D eigenvalue weighted by atomic mass is 35.5. The van der Waals surface area contributed by atoms with Gasteiger partial charge in [0.25, 0.3) is 5.82 Å². The lowest BCUT2D eigenvalue weighted by Crippen LogP contribution is -2.47. The zero-order valence-corrected chi connectivity index (χ0v) is 11.6. The molecule has 1 aromatic heterocycles. The number of H-pyrrole nitrogens is 1. The maximum absolute atomic E-state index is 9.00. The van der Waals surface area contributed by atoms with Gasteiger partial charge >= 0.3 is 0 Å². The van der Waals surface area contributed by atoms with E-state index in [-0.39, 0.29) is 12.2 Å². The number of halogens is 1. The molecule has 2 atom stereocenters. The van der Waals surface area contributed by atoms with Crippen LogP contribution in [0.15, 0.2) is 6.07 Å². The first-order valence-corrected chi connectivity index (χ1v) is 6.42. The number of aromatic amines is 1. The minimum atomic E-state index is 0.192. The number of nitriles is 1. The molecule has 1 aliphatic heterocycles. The quantitative estimate of drug-likeness (QED) is 0.730. The second kappa shape index (κ2) is 5.13. The van der Waals surface area contributed by atoms with Crippen LogP contribution in [0.25, 0.3) is 0 Å². The number of anilines is 1. The van der Waals surface area contributed by atoms with Crippen molar-refractivity contribution in [2.45, 2.75) is 33.0 Å². The summed E-state index contributed by atoms with van der Waals surface area (Å²) in [5.74, 6) is 0.943. The third kappa shape index (κ3) is 2.58. The largest absolute Gasteiger partial charge is 0.367 e. The van der Waals surface area contributed by atoms with Crippen molar-refractivity contribution in [2.75, 3.05) is 18.0 Å². The predicted molar refractivity (Wildman–Crippen MR) is 69.7 cm³/mol. The monoisotopic (exact) mass is 266 g/mol. The molecule has 1 aliphatic rings. The van der Waals surface area contributed by atoms with E-state index in [1.807, 2.05) is 13.0 Å². The number of hydrogen-bond donors (Lipinski definition) is 0. The van der Waals surface area contributed by atoms with Gasteiger partial charge in [0.2, 0.25) is 5.15 Å². The SMILES string of the molecule is Cc1cc(N2C[C@@H](C)O[C@H](C)C2)[nH+]c(Cl)c1C#N. The average molecular weight is 267 g/mol. The molecule has 0 bridgehead atoms. The maximum Gasteiger partial charge on any atom is 0.275 e. The highest BCUT2D eigenvalue weighted by Crippen LogP contribution is 2.21. The fraction of sp³-hybridized carbons (Fsp3) is 0.538. The second-order valence-electron chi connectivity index (χ2n) is 4.80. The molecule has 0 saturated carbocycles. The molecule has 1 fully saturated rings. The normalized spacial score (nSPS) is 23.8. The molecule has 4 nitrogen and oxygen atoms in total. The molecular weight excluding hydrogens is 250 g/mol. The first kappa shape index (κ1) is 13.1. The van der Waals surface area contributed by atoms with Crippen LogP contribution in [0, 0.1) is 18.3 Å². The molecule has 1 N–H and O–H groups in total. The molecule has 0 unspecified atom stereocenters. The van der Waals surface area contributed by atoms with Gasteiger partial charge in [-0.05, 0) is 37.9 Å². The summed E-state index contributed by atoms with van der Waals surface area (Å²) in [5.41, 5.74) is 1.40. The first-order valence-electron chi connectivity index (χ1n) is 6.04. The summed E-state index contributed by atoms with van der Waals surface area (Å²) in [6.45, 7) is 7.65. The van der Waals surface area contributed by atoms with Gasteiger partial charge in [-0.1, -0.05) is 0 Å². The van der Waals surface area contributed by atoms with Crippen LogP contribution in [0.4, 0.5) is 5.82 Å². The third-order valence-corrected chi connectivity index (χ3v) is 3.36. The predicted octanol–water partition coefficient (Wildman–Crippen LogP) is 1.95. The van der Waals surface area contributed by atoms with Gasteiger partial charge < -0.3 is 4.74 Å². The van der Waals surface area contributed by atoms with Crippen LogP contribution in [0.5, 0.6) is 0 Å².